The second-order valence-corrected chi connectivity index (χ2v) is 5.68. The van der Waals surface area contributed by atoms with Crippen molar-refractivity contribution >= 4 is 21.6 Å². The molecule has 1 fully saturated rings. The summed E-state index contributed by atoms with van der Waals surface area (Å²) in [5.41, 5.74) is 1.05. The first-order valence-electron chi connectivity index (χ1n) is 6.37. The molecular weight excluding hydrogens is 312 g/mol. The summed E-state index contributed by atoms with van der Waals surface area (Å²) in [4.78, 5) is 10.4. The average molecular weight is 329 g/mol. The highest BCUT2D eigenvalue weighted by atomic mass is 79.9. The van der Waals surface area contributed by atoms with Crippen molar-refractivity contribution in [2.75, 3.05) is 19.8 Å². The van der Waals surface area contributed by atoms with Crippen LogP contribution >= 0.6 is 15.9 Å². The Morgan fingerprint density at radius 2 is 2.11 bits per heavy atom. The van der Waals surface area contributed by atoms with Gasteiger partial charge in [0.05, 0.1) is 4.92 Å². The van der Waals surface area contributed by atoms with E-state index in [0.717, 1.165) is 42.6 Å². The Morgan fingerprint density at radius 3 is 2.79 bits per heavy atom. The summed E-state index contributed by atoms with van der Waals surface area (Å²) < 4.78 is 6.05. The molecule has 0 unspecified atom stereocenters. The molecule has 104 valence electrons. The van der Waals surface area contributed by atoms with Gasteiger partial charge in [-0.05, 0) is 36.9 Å². The van der Waals surface area contributed by atoms with Crippen LogP contribution in [-0.4, -0.2) is 24.7 Å². The fraction of sp³-hybridized carbons (Fsp3) is 0.538. The van der Waals surface area contributed by atoms with Gasteiger partial charge in [0, 0.05) is 36.4 Å². The minimum Gasteiger partial charge on any atom is -0.381 e. The number of ether oxygens (including phenoxy) is 1. The molecule has 1 aliphatic rings. The van der Waals surface area contributed by atoms with Crippen LogP contribution in [-0.2, 0) is 11.3 Å². The van der Waals surface area contributed by atoms with Crippen LogP contribution < -0.4 is 5.32 Å². The molecule has 0 bridgehead atoms. The molecule has 1 aromatic carbocycles. The van der Waals surface area contributed by atoms with Crippen LogP contribution in [0.2, 0.25) is 0 Å². The number of rotatable bonds is 5. The third-order valence-electron chi connectivity index (χ3n) is 3.26. The Morgan fingerprint density at radius 1 is 1.37 bits per heavy atom. The SMILES string of the molecule is O=[N+]([O-])c1cc(Br)cc(CNCC2CCOCC2)c1. The van der Waals surface area contributed by atoms with E-state index >= 15 is 0 Å². The van der Waals surface area contributed by atoms with Gasteiger partial charge in [-0.25, -0.2) is 0 Å². The van der Waals surface area contributed by atoms with Crippen molar-refractivity contribution in [3.8, 4) is 0 Å². The lowest BCUT2D eigenvalue weighted by molar-refractivity contribution is -0.385. The molecular formula is C13H17BrN2O3. The predicted molar refractivity (Wildman–Crippen MR) is 76.0 cm³/mol. The average Bonchev–Trinajstić information content (AvgIpc) is 2.39. The molecule has 1 heterocycles. The molecule has 19 heavy (non-hydrogen) atoms. The third kappa shape index (κ3) is 4.56. The molecule has 0 radical (unpaired) electrons. The van der Waals surface area contributed by atoms with Gasteiger partial charge in [0.15, 0.2) is 0 Å². The van der Waals surface area contributed by atoms with E-state index in [-0.39, 0.29) is 10.6 Å². The van der Waals surface area contributed by atoms with Crippen LogP contribution in [0.1, 0.15) is 18.4 Å². The van der Waals surface area contributed by atoms with Crippen molar-refractivity contribution in [1.82, 2.24) is 5.32 Å². The number of non-ortho nitro benzene ring substituents is 1. The van der Waals surface area contributed by atoms with Crippen LogP contribution in [0.25, 0.3) is 0 Å². The summed E-state index contributed by atoms with van der Waals surface area (Å²) >= 11 is 3.30. The van der Waals surface area contributed by atoms with E-state index < -0.39 is 0 Å². The van der Waals surface area contributed by atoms with Crippen molar-refractivity contribution in [3.05, 3.63) is 38.3 Å². The van der Waals surface area contributed by atoms with Gasteiger partial charge in [0.25, 0.3) is 5.69 Å². The first kappa shape index (κ1) is 14.4. The molecule has 1 N–H and O–H groups in total. The van der Waals surface area contributed by atoms with Gasteiger partial charge < -0.3 is 10.1 Å². The number of nitrogens with one attached hydrogen (secondary N) is 1. The minimum atomic E-state index is -0.368. The van der Waals surface area contributed by atoms with Crippen molar-refractivity contribution in [3.63, 3.8) is 0 Å². The monoisotopic (exact) mass is 328 g/mol. The van der Waals surface area contributed by atoms with Crippen molar-refractivity contribution in [2.45, 2.75) is 19.4 Å². The molecule has 1 saturated heterocycles. The van der Waals surface area contributed by atoms with Gasteiger partial charge in [0.2, 0.25) is 0 Å². The highest BCUT2D eigenvalue weighted by Gasteiger charge is 2.13. The number of nitro benzene ring substituents is 1. The predicted octanol–water partition coefficient (Wildman–Crippen LogP) is 2.87. The molecule has 1 aromatic rings. The fourth-order valence-corrected chi connectivity index (χ4v) is 2.74. The largest absolute Gasteiger partial charge is 0.381 e. The zero-order valence-electron chi connectivity index (χ0n) is 10.6. The lowest BCUT2D eigenvalue weighted by Crippen LogP contribution is -2.27. The smallest absolute Gasteiger partial charge is 0.270 e. The quantitative estimate of drug-likeness (QED) is 0.666. The van der Waals surface area contributed by atoms with Crippen LogP contribution in [0.4, 0.5) is 5.69 Å². The highest BCUT2D eigenvalue weighted by Crippen LogP contribution is 2.21. The third-order valence-corrected chi connectivity index (χ3v) is 3.71. The maximum absolute atomic E-state index is 10.8. The Kier molecular flexibility index (Phi) is 5.30. The van der Waals surface area contributed by atoms with E-state index in [1.54, 1.807) is 6.07 Å². The van der Waals surface area contributed by atoms with Gasteiger partial charge in [-0.2, -0.15) is 0 Å². The van der Waals surface area contributed by atoms with E-state index in [1.807, 2.05) is 6.07 Å². The highest BCUT2D eigenvalue weighted by molar-refractivity contribution is 9.10. The molecule has 0 spiro atoms. The first-order valence-corrected chi connectivity index (χ1v) is 7.17. The molecule has 0 aliphatic carbocycles. The van der Waals surface area contributed by atoms with Gasteiger partial charge in [0.1, 0.15) is 0 Å². The van der Waals surface area contributed by atoms with E-state index in [9.17, 15) is 10.1 Å². The summed E-state index contributed by atoms with van der Waals surface area (Å²) in [5.74, 6) is 0.649. The van der Waals surface area contributed by atoms with Gasteiger partial charge in [-0.15, -0.1) is 0 Å². The number of nitrogens with zero attached hydrogens (tertiary/aromatic N) is 1. The Labute approximate surface area is 120 Å². The van der Waals surface area contributed by atoms with Gasteiger partial charge in [-0.1, -0.05) is 15.9 Å². The maximum atomic E-state index is 10.8. The first-order chi connectivity index (χ1) is 9.15. The standard InChI is InChI=1S/C13H17BrN2O3/c14-12-5-11(6-13(7-12)16(17)18)9-15-8-10-1-3-19-4-2-10/h5-7,10,15H,1-4,8-9H2. The Balaban J connectivity index is 1.86. The molecule has 0 aromatic heterocycles. The summed E-state index contributed by atoms with van der Waals surface area (Å²) in [6.07, 6.45) is 2.18. The number of hydrogen-bond acceptors (Lipinski definition) is 4. The van der Waals surface area contributed by atoms with Crippen molar-refractivity contribution in [2.24, 2.45) is 5.92 Å². The zero-order valence-corrected chi connectivity index (χ0v) is 12.2. The summed E-state index contributed by atoms with van der Waals surface area (Å²) in [6.45, 7) is 3.27. The molecule has 5 nitrogen and oxygen atoms in total. The summed E-state index contributed by atoms with van der Waals surface area (Å²) in [6, 6.07) is 5.04. The molecule has 0 saturated carbocycles. The Bertz CT molecular complexity index is 448. The second kappa shape index (κ2) is 6.98. The van der Waals surface area contributed by atoms with Gasteiger partial charge in [-0.3, -0.25) is 10.1 Å². The van der Waals surface area contributed by atoms with Crippen LogP contribution in [0.3, 0.4) is 0 Å². The number of nitro groups is 1. The van der Waals surface area contributed by atoms with Gasteiger partial charge >= 0.3 is 0 Å². The van der Waals surface area contributed by atoms with E-state index in [0.29, 0.717) is 12.5 Å². The fourth-order valence-electron chi connectivity index (χ4n) is 2.21. The summed E-state index contributed by atoms with van der Waals surface area (Å²) in [7, 11) is 0. The van der Waals surface area contributed by atoms with E-state index in [1.165, 1.54) is 6.07 Å². The topological polar surface area (TPSA) is 64.4 Å². The van der Waals surface area contributed by atoms with Crippen molar-refractivity contribution in [1.29, 1.82) is 0 Å². The lowest BCUT2D eigenvalue weighted by atomic mass is 10.0. The molecule has 0 atom stereocenters. The van der Waals surface area contributed by atoms with E-state index in [2.05, 4.69) is 21.2 Å². The minimum absolute atomic E-state index is 0.122. The van der Waals surface area contributed by atoms with Crippen LogP contribution in [0.15, 0.2) is 22.7 Å². The van der Waals surface area contributed by atoms with Crippen LogP contribution in [0, 0.1) is 16.0 Å². The van der Waals surface area contributed by atoms with E-state index in [4.69, 9.17) is 4.74 Å². The van der Waals surface area contributed by atoms with Crippen LogP contribution in [0.5, 0.6) is 0 Å². The number of hydrogen-bond donors (Lipinski definition) is 1. The number of halogens is 1. The summed E-state index contributed by atoms with van der Waals surface area (Å²) in [5, 5.41) is 14.1. The zero-order chi connectivity index (χ0) is 13.7. The van der Waals surface area contributed by atoms with Crippen molar-refractivity contribution < 1.29 is 9.66 Å². The Hall–Kier alpha value is -0.980. The maximum Gasteiger partial charge on any atom is 0.270 e. The molecule has 6 heteroatoms. The molecule has 0 amide bonds. The number of benzene rings is 1. The molecule has 2 rings (SSSR count). The molecule has 1 aliphatic heterocycles. The normalized spacial score (nSPS) is 16.5. The lowest BCUT2D eigenvalue weighted by Gasteiger charge is -2.22. The second-order valence-electron chi connectivity index (χ2n) is 4.76.